The fourth-order valence-corrected chi connectivity index (χ4v) is 3.18. The molecule has 1 aromatic rings. The standard InChI is InChI=1S/C21H34F2N4O3.HI/c1-3-24-21(25-10-5-6-11-27-12-14-28-15-13-27)26-16-17-8-7-9-18(29-4-2)19(17)30-20(22)23;/h7-9,20H,3-6,10-16H2,1-2H3,(H2,24,25,26);1H. The first kappa shape index (κ1) is 27.6. The number of aliphatic imine (C=N–C) groups is 1. The minimum atomic E-state index is -2.92. The molecular weight excluding hydrogens is 521 g/mol. The Kier molecular flexibility index (Phi) is 14.5. The first-order valence-corrected chi connectivity index (χ1v) is 10.7. The third kappa shape index (κ3) is 10.6. The van der Waals surface area contributed by atoms with Crippen LogP contribution in [0.2, 0.25) is 0 Å². The van der Waals surface area contributed by atoms with Gasteiger partial charge < -0.3 is 24.8 Å². The normalized spacial score (nSPS) is 14.8. The third-order valence-electron chi connectivity index (χ3n) is 4.62. The molecule has 0 aliphatic carbocycles. The molecule has 10 heteroatoms. The van der Waals surface area contributed by atoms with Crippen molar-refractivity contribution in [2.24, 2.45) is 4.99 Å². The van der Waals surface area contributed by atoms with Gasteiger partial charge in [0, 0.05) is 31.7 Å². The smallest absolute Gasteiger partial charge is 0.387 e. The van der Waals surface area contributed by atoms with Crippen LogP contribution in [0.5, 0.6) is 11.5 Å². The average Bonchev–Trinajstić information content (AvgIpc) is 2.74. The van der Waals surface area contributed by atoms with Gasteiger partial charge in [0.1, 0.15) is 0 Å². The summed E-state index contributed by atoms with van der Waals surface area (Å²) in [7, 11) is 0. The van der Waals surface area contributed by atoms with Gasteiger partial charge in [-0.2, -0.15) is 8.78 Å². The number of para-hydroxylation sites is 1. The van der Waals surface area contributed by atoms with Crippen molar-refractivity contribution < 1.29 is 23.0 Å². The molecule has 178 valence electrons. The van der Waals surface area contributed by atoms with Crippen LogP contribution in [0.4, 0.5) is 8.78 Å². The number of unbranched alkanes of at least 4 members (excludes halogenated alkanes) is 1. The van der Waals surface area contributed by atoms with Gasteiger partial charge in [0.2, 0.25) is 0 Å². The molecule has 1 saturated heterocycles. The Hall–Kier alpha value is -1.40. The third-order valence-corrected chi connectivity index (χ3v) is 4.62. The number of rotatable bonds is 12. The maximum atomic E-state index is 12.9. The molecule has 0 saturated carbocycles. The number of halogens is 3. The van der Waals surface area contributed by atoms with E-state index in [2.05, 4.69) is 20.5 Å². The van der Waals surface area contributed by atoms with Crippen LogP contribution in [0.15, 0.2) is 23.2 Å². The van der Waals surface area contributed by atoms with Crippen molar-refractivity contribution >= 4 is 29.9 Å². The number of benzene rings is 1. The van der Waals surface area contributed by atoms with Gasteiger partial charge in [-0.05, 0) is 39.3 Å². The van der Waals surface area contributed by atoms with Gasteiger partial charge >= 0.3 is 6.61 Å². The van der Waals surface area contributed by atoms with Gasteiger partial charge in [-0.3, -0.25) is 4.90 Å². The maximum Gasteiger partial charge on any atom is 0.387 e. The highest BCUT2D eigenvalue weighted by molar-refractivity contribution is 14.0. The zero-order valence-corrected chi connectivity index (χ0v) is 20.7. The highest BCUT2D eigenvalue weighted by Crippen LogP contribution is 2.33. The molecule has 1 aliphatic heterocycles. The number of hydrogen-bond donors (Lipinski definition) is 2. The highest BCUT2D eigenvalue weighted by Gasteiger charge is 2.15. The second-order valence-corrected chi connectivity index (χ2v) is 6.84. The lowest BCUT2D eigenvalue weighted by molar-refractivity contribution is -0.0520. The molecule has 2 rings (SSSR count). The predicted octanol–water partition coefficient (Wildman–Crippen LogP) is 3.47. The van der Waals surface area contributed by atoms with Gasteiger partial charge in [0.05, 0.1) is 26.4 Å². The molecule has 1 aromatic carbocycles. The van der Waals surface area contributed by atoms with E-state index in [1.807, 2.05) is 6.92 Å². The van der Waals surface area contributed by atoms with Gasteiger partial charge in [0.15, 0.2) is 17.5 Å². The van der Waals surface area contributed by atoms with Crippen LogP contribution in [0, 0.1) is 0 Å². The first-order valence-electron chi connectivity index (χ1n) is 10.7. The summed E-state index contributed by atoms with van der Waals surface area (Å²) in [6.07, 6.45) is 2.11. The summed E-state index contributed by atoms with van der Waals surface area (Å²) in [5, 5.41) is 6.49. The van der Waals surface area contributed by atoms with Crippen molar-refractivity contribution in [3.63, 3.8) is 0 Å². The highest BCUT2D eigenvalue weighted by atomic mass is 127. The van der Waals surface area contributed by atoms with E-state index in [0.717, 1.165) is 52.2 Å². The average molecular weight is 556 g/mol. The molecule has 0 spiro atoms. The number of nitrogens with zero attached hydrogens (tertiary/aromatic N) is 2. The number of hydrogen-bond acceptors (Lipinski definition) is 5. The minimum absolute atomic E-state index is 0. The molecule has 0 aromatic heterocycles. The Bertz CT molecular complexity index is 647. The number of alkyl halides is 2. The fraction of sp³-hybridized carbons (Fsp3) is 0.667. The Morgan fingerprint density at radius 3 is 2.65 bits per heavy atom. The number of nitrogens with one attached hydrogen (secondary N) is 2. The molecule has 0 atom stereocenters. The zero-order valence-electron chi connectivity index (χ0n) is 18.4. The van der Waals surface area contributed by atoms with Crippen LogP contribution in [-0.2, 0) is 11.3 Å². The summed E-state index contributed by atoms with van der Waals surface area (Å²) >= 11 is 0. The van der Waals surface area contributed by atoms with E-state index in [-0.39, 0.29) is 36.3 Å². The van der Waals surface area contributed by atoms with Crippen LogP contribution in [0.3, 0.4) is 0 Å². The van der Waals surface area contributed by atoms with E-state index in [1.54, 1.807) is 25.1 Å². The van der Waals surface area contributed by atoms with E-state index in [9.17, 15) is 8.78 Å². The van der Waals surface area contributed by atoms with Crippen LogP contribution in [0.1, 0.15) is 32.3 Å². The summed E-state index contributed by atoms with van der Waals surface area (Å²) in [5.74, 6) is 0.986. The molecular formula is C21H35F2IN4O3. The quantitative estimate of drug-likeness (QED) is 0.178. The van der Waals surface area contributed by atoms with Crippen molar-refractivity contribution in [1.29, 1.82) is 0 Å². The van der Waals surface area contributed by atoms with Crippen molar-refractivity contribution in [3.8, 4) is 11.5 Å². The lowest BCUT2D eigenvalue weighted by Crippen LogP contribution is -2.39. The summed E-state index contributed by atoms with van der Waals surface area (Å²) in [4.78, 5) is 6.94. The van der Waals surface area contributed by atoms with Crippen LogP contribution < -0.4 is 20.1 Å². The van der Waals surface area contributed by atoms with Gasteiger partial charge in [0.25, 0.3) is 0 Å². The summed E-state index contributed by atoms with van der Waals surface area (Å²) in [5.41, 5.74) is 0.547. The predicted molar refractivity (Wildman–Crippen MR) is 129 cm³/mol. The largest absolute Gasteiger partial charge is 0.490 e. The van der Waals surface area contributed by atoms with Gasteiger partial charge in [-0.1, -0.05) is 12.1 Å². The molecule has 1 fully saturated rings. The van der Waals surface area contributed by atoms with Crippen LogP contribution in [0.25, 0.3) is 0 Å². The molecule has 1 heterocycles. The van der Waals surface area contributed by atoms with Crippen LogP contribution >= 0.6 is 24.0 Å². The van der Waals surface area contributed by atoms with E-state index >= 15 is 0 Å². The van der Waals surface area contributed by atoms with Crippen molar-refractivity contribution in [2.75, 3.05) is 52.5 Å². The fourth-order valence-electron chi connectivity index (χ4n) is 3.18. The zero-order chi connectivity index (χ0) is 21.6. The lowest BCUT2D eigenvalue weighted by atomic mass is 10.2. The van der Waals surface area contributed by atoms with Gasteiger partial charge in [-0.15, -0.1) is 24.0 Å². The number of morpholine rings is 1. The van der Waals surface area contributed by atoms with Gasteiger partial charge in [-0.25, -0.2) is 4.99 Å². The molecule has 0 unspecified atom stereocenters. The second-order valence-electron chi connectivity index (χ2n) is 6.84. The summed E-state index contributed by atoms with van der Waals surface area (Å²) in [6.45, 7) is 7.61. The molecule has 0 bridgehead atoms. The molecule has 0 radical (unpaired) electrons. The molecule has 0 amide bonds. The van der Waals surface area contributed by atoms with Crippen LogP contribution in [-0.4, -0.2) is 70.0 Å². The van der Waals surface area contributed by atoms with Crippen molar-refractivity contribution in [2.45, 2.75) is 39.8 Å². The Morgan fingerprint density at radius 1 is 1.19 bits per heavy atom. The Balaban J connectivity index is 0.00000480. The molecule has 1 aliphatic rings. The second kappa shape index (κ2) is 16.3. The van der Waals surface area contributed by atoms with Crippen molar-refractivity contribution in [1.82, 2.24) is 15.5 Å². The number of ether oxygens (including phenoxy) is 3. The molecule has 2 N–H and O–H groups in total. The van der Waals surface area contributed by atoms with E-state index in [0.29, 0.717) is 30.4 Å². The first-order chi connectivity index (χ1) is 14.6. The lowest BCUT2D eigenvalue weighted by Gasteiger charge is -2.26. The SMILES string of the molecule is CCNC(=NCc1cccc(OCC)c1OC(F)F)NCCCCN1CCOCC1.I. The van der Waals surface area contributed by atoms with E-state index < -0.39 is 6.61 Å². The number of guanidine groups is 1. The summed E-state index contributed by atoms with van der Waals surface area (Å²) < 4.78 is 41.2. The topological polar surface area (TPSA) is 67.4 Å². The minimum Gasteiger partial charge on any atom is -0.490 e. The monoisotopic (exact) mass is 556 g/mol. The van der Waals surface area contributed by atoms with E-state index in [1.165, 1.54) is 0 Å². The van der Waals surface area contributed by atoms with Crippen molar-refractivity contribution in [3.05, 3.63) is 23.8 Å². The maximum absolute atomic E-state index is 12.9. The Labute approximate surface area is 200 Å². The van der Waals surface area contributed by atoms with E-state index in [4.69, 9.17) is 14.2 Å². The molecule has 7 nitrogen and oxygen atoms in total. The molecule has 31 heavy (non-hydrogen) atoms. The summed E-state index contributed by atoms with van der Waals surface area (Å²) in [6, 6.07) is 5.09. The Morgan fingerprint density at radius 2 is 1.97 bits per heavy atom.